The molecule has 1 saturated heterocycles. The van der Waals surface area contributed by atoms with Crippen LogP contribution in [0.15, 0.2) is 0 Å². The summed E-state index contributed by atoms with van der Waals surface area (Å²) in [6.45, 7) is 3.67. The highest BCUT2D eigenvalue weighted by molar-refractivity contribution is 7.99. The minimum absolute atomic E-state index is 0.788. The van der Waals surface area contributed by atoms with E-state index in [1.165, 1.54) is 44.4 Å². The van der Waals surface area contributed by atoms with Gasteiger partial charge in [0.1, 0.15) is 0 Å². The Balaban J connectivity index is 1.83. The predicted octanol–water partition coefficient (Wildman–Crippen LogP) is 2.87. The van der Waals surface area contributed by atoms with Gasteiger partial charge in [-0.2, -0.15) is 0 Å². The molecule has 0 spiro atoms. The zero-order valence-electron chi connectivity index (χ0n) is 8.59. The molecule has 1 N–H and O–H groups in total. The van der Waals surface area contributed by atoms with Gasteiger partial charge in [-0.1, -0.05) is 19.8 Å². The van der Waals surface area contributed by atoms with Crippen molar-refractivity contribution in [2.24, 2.45) is 11.8 Å². The van der Waals surface area contributed by atoms with E-state index in [1.807, 2.05) is 0 Å². The van der Waals surface area contributed by atoms with Crippen LogP contribution in [0.3, 0.4) is 0 Å². The fourth-order valence-corrected chi connectivity index (χ4v) is 3.96. The fraction of sp³-hybridized carbons (Fsp3) is 1.00. The van der Waals surface area contributed by atoms with Crippen molar-refractivity contribution in [2.75, 3.05) is 12.3 Å². The SMILES string of the molecule is CC1CCCC(C2NCCCS2)C1. The molecule has 0 radical (unpaired) electrons. The highest BCUT2D eigenvalue weighted by Gasteiger charge is 2.27. The van der Waals surface area contributed by atoms with Crippen molar-refractivity contribution in [1.82, 2.24) is 5.32 Å². The summed E-state index contributed by atoms with van der Waals surface area (Å²) in [5.41, 5.74) is 0. The van der Waals surface area contributed by atoms with Gasteiger partial charge in [-0.15, -0.1) is 11.8 Å². The van der Waals surface area contributed by atoms with E-state index in [-0.39, 0.29) is 0 Å². The highest BCUT2D eigenvalue weighted by atomic mass is 32.2. The lowest BCUT2D eigenvalue weighted by molar-refractivity contribution is 0.260. The molecule has 0 bridgehead atoms. The van der Waals surface area contributed by atoms with Crippen molar-refractivity contribution in [3.8, 4) is 0 Å². The lowest BCUT2D eigenvalue weighted by Gasteiger charge is -2.35. The Labute approximate surface area is 86.0 Å². The maximum Gasteiger partial charge on any atom is 0.0560 e. The van der Waals surface area contributed by atoms with Crippen molar-refractivity contribution in [3.63, 3.8) is 0 Å². The van der Waals surface area contributed by atoms with Crippen LogP contribution >= 0.6 is 11.8 Å². The molecule has 0 aromatic heterocycles. The van der Waals surface area contributed by atoms with Crippen molar-refractivity contribution in [1.29, 1.82) is 0 Å². The Morgan fingerprint density at radius 3 is 2.85 bits per heavy atom. The van der Waals surface area contributed by atoms with Crippen LogP contribution in [0, 0.1) is 11.8 Å². The third kappa shape index (κ3) is 2.63. The molecule has 1 nitrogen and oxygen atoms in total. The van der Waals surface area contributed by atoms with Gasteiger partial charge in [0.05, 0.1) is 5.37 Å². The molecule has 3 unspecified atom stereocenters. The van der Waals surface area contributed by atoms with E-state index in [9.17, 15) is 0 Å². The highest BCUT2D eigenvalue weighted by Crippen LogP contribution is 2.35. The molecule has 2 rings (SSSR count). The first kappa shape index (κ1) is 9.85. The largest absolute Gasteiger partial charge is 0.305 e. The molecule has 1 heterocycles. The molecule has 2 heteroatoms. The van der Waals surface area contributed by atoms with E-state index < -0.39 is 0 Å². The summed E-state index contributed by atoms with van der Waals surface area (Å²) in [4.78, 5) is 0. The average Bonchev–Trinajstić information content (AvgIpc) is 2.19. The van der Waals surface area contributed by atoms with E-state index >= 15 is 0 Å². The monoisotopic (exact) mass is 199 g/mol. The lowest BCUT2D eigenvalue weighted by Crippen LogP contribution is -2.39. The molecular weight excluding hydrogens is 178 g/mol. The molecule has 1 saturated carbocycles. The third-order valence-corrected chi connectivity index (χ3v) is 4.80. The van der Waals surface area contributed by atoms with E-state index in [0.29, 0.717) is 0 Å². The van der Waals surface area contributed by atoms with Crippen LogP contribution in [0.1, 0.15) is 39.0 Å². The quantitative estimate of drug-likeness (QED) is 0.697. The number of thioether (sulfide) groups is 1. The Morgan fingerprint density at radius 1 is 1.23 bits per heavy atom. The van der Waals surface area contributed by atoms with Gasteiger partial charge in [-0.05, 0) is 43.4 Å². The van der Waals surface area contributed by atoms with Gasteiger partial charge in [-0.3, -0.25) is 0 Å². The van der Waals surface area contributed by atoms with Crippen LogP contribution in [0.25, 0.3) is 0 Å². The number of rotatable bonds is 1. The molecule has 1 aliphatic heterocycles. The van der Waals surface area contributed by atoms with Gasteiger partial charge in [-0.25, -0.2) is 0 Å². The number of hydrogen-bond acceptors (Lipinski definition) is 2. The Morgan fingerprint density at radius 2 is 2.15 bits per heavy atom. The summed E-state index contributed by atoms with van der Waals surface area (Å²) in [5.74, 6) is 3.32. The minimum atomic E-state index is 0.788. The molecule has 0 aromatic carbocycles. The van der Waals surface area contributed by atoms with Crippen molar-refractivity contribution in [2.45, 2.75) is 44.4 Å². The predicted molar refractivity (Wildman–Crippen MR) is 60.0 cm³/mol. The summed E-state index contributed by atoms with van der Waals surface area (Å²) < 4.78 is 0. The van der Waals surface area contributed by atoms with E-state index in [1.54, 1.807) is 0 Å². The second-order valence-corrected chi connectivity index (χ2v) is 5.88. The van der Waals surface area contributed by atoms with Crippen LogP contribution in [-0.2, 0) is 0 Å². The van der Waals surface area contributed by atoms with Crippen molar-refractivity contribution >= 4 is 11.8 Å². The second-order valence-electron chi connectivity index (χ2n) is 4.63. The van der Waals surface area contributed by atoms with Crippen molar-refractivity contribution < 1.29 is 0 Å². The first-order chi connectivity index (χ1) is 6.36. The maximum atomic E-state index is 3.67. The normalized spacial score (nSPS) is 41.8. The molecule has 0 amide bonds. The topological polar surface area (TPSA) is 12.0 Å². The van der Waals surface area contributed by atoms with Gasteiger partial charge in [0.2, 0.25) is 0 Å². The Kier molecular flexibility index (Phi) is 3.56. The second kappa shape index (κ2) is 4.70. The van der Waals surface area contributed by atoms with E-state index in [4.69, 9.17) is 0 Å². The van der Waals surface area contributed by atoms with Crippen LogP contribution in [-0.4, -0.2) is 17.7 Å². The van der Waals surface area contributed by atoms with Gasteiger partial charge < -0.3 is 5.32 Å². The first-order valence-electron chi connectivity index (χ1n) is 5.71. The smallest absolute Gasteiger partial charge is 0.0560 e. The molecule has 1 aliphatic carbocycles. The molecule has 76 valence electrons. The minimum Gasteiger partial charge on any atom is -0.305 e. The van der Waals surface area contributed by atoms with Crippen LogP contribution < -0.4 is 5.32 Å². The zero-order chi connectivity index (χ0) is 9.10. The van der Waals surface area contributed by atoms with E-state index in [2.05, 4.69) is 24.0 Å². The third-order valence-electron chi connectivity index (χ3n) is 3.37. The molecule has 3 atom stereocenters. The molecule has 13 heavy (non-hydrogen) atoms. The molecule has 0 aromatic rings. The maximum absolute atomic E-state index is 3.67. The summed E-state index contributed by atoms with van der Waals surface area (Å²) in [6, 6.07) is 0. The lowest BCUT2D eigenvalue weighted by atomic mass is 9.82. The molecular formula is C11H21NS. The number of nitrogens with one attached hydrogen (secondary N) is 1. The zero-order valence-corrected chi connectivity index (χ0v) is 9.41. The summed E-state index contributed by atoms with van der Waals surface area (Å²) in [5, 5.41) is 4.46. The van der Waals surface area contributed by atoms with Crippen LogP contribution in [0.5, 0.6) is 0 Å². The van der Waals surface area contributed by atoms with Crippen LogP contribution in [0.4, 0.5) is 0 Å². The summed E-state index contributed by atoms with van der Waals surface area (Å²) in [6.07, 6.45) is 7.22. The van der Waals surface area contributed by atoms with E-state index in [0.717, 1.165) is 17.2 Å². The summed E-state index contributed by atoms with van der Waals surface area (Å²) in [7, 11) is 0. The summed E-state index contributed by atoms with van der Waals surface area (Å²) >= 11 is 2.16. The molecule has 2 fully saturated rings. The van der Waals surface area contributed by atoms with Crippen molar-refractivity contribution in [3.05, 3.63) is 0 Å². The molecule has 2 aliphatic rings. The van der Waals surface area contributed by atoms with Gasteiger partial charge in [0.25, 0.3) is 0 Å². The number of hydrogen-bond donors (Lipinski definition) is 1. The van der Waals surface area contributed by atoms with Crippen LogP contribution in [0.2, 0.25) is 0 Å². The van der Waals surface area contributed by atoms with Gasteiger partial charge in [0, 0.05) is 0 Å². The Bertz CT molecular complexity index is 154. The average molecular weight is 199 g/mol. The first-order valence-corrected chi connectivity index (χ1v) is 6.76. The standard InChI is InChI=1S/C11H21NS/c1-9-4-2-5-10(8-9)11-12-6-3-7-13-11/h9-12H,2-8H2,1H3. The van der Waals surface area contributed by atoms with Gasteiger partial charge in [0.15, 0.2) is 0 Å². The Hall–Kier alpha value is 0.310. The van der Waals surface area contributed by atoms with Gasteiger partial charge >= 0.3 is 0 Å². The fourth-order valence-electron chi connectivity index (χ4n) is 2.64.